The van der Waals surface area contributed by atoms with Crippen molar-refractivity contribution in [2.45, 2.75) is 26.8 Å². The van der Waals surface area contributed by atoms with E-state index in [-0.39, 0.29) is 0 Å². The molecule has 1 rings (SSSR count). The molecular formula is C13H22ClN3. The fourth-order valence-corrected chi connectivity index (χ4v) is 1.94. The lowest BCUT2D eigenvalue weighted by atomic mass is 10.2. The van der Waals surface area contributed by atoms with Crippen molar-refractivity contribution >= 4 is 11.6 Å². The van der Waals surface area contributed by atoms with Gasteiger partial charge in [0.1, 0.15) is 0 Å². The van der Waals surface area contributed by atoms with Crippen LogP contribution in [0.15, 0.2) is 18.5 Å². The number of aromatic nitrogens is 1. The zero-order chi connectivity index (χ0) is 12.5. The highest BCUT2D eigenvalue weighted by Gasteiger charge is 2.01. The smallest absolute Gasteiger partial charge is 0.0634 e. The predicted molar refractivity (Wildman–Crippen MR) is 73.4 cm³/mol. The van der Waals surface area contributed by atoms with Gasteiger partial charge in [-0.05, 0) is 31.1 Å². The van der Waals surface area contributed by atoms with Crippen LogP contribution < -0.4 is 5.32 Å². The van der Waals surface area contributed by atoms with Crippen LogP contribution in [0.4, 0.5) is 0 Å². The molecule has 1 aromatic rings. The normalized spacial score (nSPS) is 11.1. The van der Waals surface area contributed by atoms with E-state index in [1.807, 2.05) is 6.07 Å². The summed E-state index contributed by atoms with van der Waals surface area (Å²) in [4.78, 5) is 6.42. The van der Waals surface area contributed by atoms with Crippen LogP contribution in [-0.2, 0) is 6.54 Å². The minimum atomic E-state index is 0.737. The molecule has 0 atom stereocenters. The Morgan fingerprint density at radius 2 is 2.18 bits per heavy atom. The van der Waals surface area contributed by atoms with Crippen molar-refractivity contribution in [1.82, 2.24) is 15.2 Å². The summed E-state index contributed by atoms with van der Waals surface area (Å²) in [7, 11) is 0. The van der Waals surface area contributed by atoms with Gasteiger partial charge in [0.25, 0.3) is 0 Å². The number of nitrogens with zero attached hydrogens (tertiary/aromatic N) is 2. The highest BCUT2D eigenvalue weighted by Crippen LogP contribution is 2.12. The molecule has 1 aromatic heterocycles. The molecule has 1 heterocycles. The van der Waals surface area contributed by atoms with Crippen molar-refractivity contribution in [2.75, 3.05) is 26.2 Å². The van der Waals surface area contributed by atoms with Crippen molar-refractivity contribution in [2.24, 2.45) is 0 Å². The van der Waals surface area contributed by atoms with Crippen LogP contribution >= 0.6 is 11.6 Å². The summed E-state index contributed by atoms with van der Waals surface area (Å²) in [6.45, 7) is 9.60. The molecule has 17 heavy (non-hydrogen) atoms. The van der Waals surface area contributed by atoms with Gasteiger partial charge in [0, 0.05) is 32.0 Å². The molecule has 0 aliphatic rings. The highest BCUT2D eigenvalue weighted by molar-refractivity contribution is 6.31. The second-order valence-electron chi connectivity index (χ2n) is 4.08. The molecule has 96 valence electrons. The van der Waals surface area contributed by atoms with Crippen LogP contribution in [0.1, 0.15) is 25.8 Å². The average Bonchev–Trinajstić information content (AvgIpc) is 2.35. The lowest BCUT2D eigenvalue weighted by molar-refractivity contribution is 0.287. The van der Waals surface area contributed by atoms with Crippen molar-refractivity contribution in [3.05, 3.63) is 29.0 Å². The zero-order valence-corrected chi connectivity index (χ0v) is 11.5. The first-order valence-corrected chi connectivity index (χ1v) is 6.67. The third-order valence-corrected chi connectivity index (χ3v) is 3.10. The van der Waals surface area contributed by atoms with Gasteiger partial charge in [-0.15, -0.1) is 0 Å². The maximum Gasteiger partial charge on any atom is 0.0634 e. The van der Waals surface area contributed by atoms with Gasteiger partial charge >= 0.3 is 0 Å². The molecule has 0 aromatic carbocycles. The number of halogens is 1. The maximum atomic E-state index is 6.03. The van der Waals surface area contributed by atoms with Crippen molar-refractivity contribution in [3.8, 4) is 0 Å². The Labute approximate surface area is 109 Å². The second kappa shape index (κ2) is 8.45. The molecule has 0 unspecified atom stereocenters. The highest BCUT2D eigenvalue weighted by atomic mass is 35.5. The van der Waals surface area contributed by atoms with Gasteiger partial charge in [-0.2, -0.15) is 0 Å². The first kappa shape index (κ1) is 14.4. The molecule has 0 radical (unpaired) electrons. The van der Waals surface area contributed by atoms with Gasteiger partial charge in [-0.1, -0.05) is 25.4 Å². The zero-order valence-electron chi connectivity index (χ0n) is 10.7. The van der Waals surface area contributed by atoms with E-state index in [2.05, 4.69) is 29.0 Å². The fourth-order valence-electron chi connectivity index (χ4n) is 1.75. The first-order valence-electron chi connectivity index (χ1n) is 6.29. The van der Waals surface area contributed by atoms with Crippen molar-refractivity contribution < 1.29 is 0 Å². The molecule has 3 nitrogen and oxygen atoms in total. The van der Waals surface area contributed by atoms with E-state index < -0.39 is 0 Å². The Morgan fingerprint density at radius 1 is 1.35 bits per heavy atom. The quantitative estimate of drug-likeness (QED) is 0.724. The lowest BCUT2D eigenvalue weighted by Crippen LogP contribution is -2.32. The van der Waals surface area contributed by atoms with Crippen LogP contribution in [0.25, 0.3) is 0 Å². The largest absolute Gasteiger partial charge is 0.311 e. The second-order valence-corrected chi connectivity index (χ2v) is 4.49. The van der Waals surface area contributed by atoms with E-state index in [0.717, 1.165) is 36.8 Å². The number of nitrogens with one attached hydrogen (secondary N) is 1. The molecule has 0 saturated carbocycles. The molecule has 0 bridgehead atoms. The van der Waals surface area contributed by atoms with E-state index in [1.54, 1.807) is 12.4 Å². The maximum absolute atomic E-state index is 6.03. The SMILES string of the molecule is CCCN(CC)CCNCc1ccncc1Cl. The Hall–Kier alpha value is -0.640. The predicted octanol–water partition coefficient (Wildman–Crippen LogP) is 2.56. The molecule has 0 aliphatic heterocycles. The Balaban J connectivity index is 2.22. The summed E-state index contributed by atoms with van der Waals surface area (Å²) >= 11 is 6.03. The average molecular weight is 256 g/mol. The summed E-state index contributed by atoms with van der Waals surface area (Å²) in [5, 5.41) is 4.15. The summed E-state index contributed by atoms with van der Waals surface area (Å²) in [5.74, 6) is 0. The topological polar surface area (TPSA) is 28.2 Å². The molecule has 4 heteroatoms. The molecular weight excluding hydrogens is 234 g/mol. The number of pyridine rings is 1. The van der Waals surface area contributed by atoms with E-state index in [1.165, 1.54) is 13.0 Å². The van der Waals surface area contributed by atoms with Crippen LogP contribution in [0.3, 0.4) is 0 Å². The van der Waals surface area contributed by atoms with Crippen LogP contribution in [-0.4, -0.2) is 36.1 Å². The summed E-state index contributed by atoms with van der Waals surface area (Å²) in [5.41, 5.74) is 1.11. The molecule has 0 saturated heterocycles. The Morgan fingerprint density at radius 3 is 2.82 bits per heavy atom. The fraction of sp³-hybridized carbons (Fsp3) is 0.615. The molecule has 0 amide bonds. The Bertz CT molecular complexity index is 317. The van der Waals surface area contributed by atoms with Gasteiger partial charge in [0.15, 0.2) is 0 Å². The monoisotopic (exact) mass is 255 g/mol. The number of hydrogen-bond acceptors (Lipinski definition) is 3. The summed E-state index contributed by atoms with van der Waals surface area (Å²) in [6, 6.07) is 1.96. The van der Waals surface area contributed by atoms with Crippen LogP contribution in [0.5, 0.6) is 0 Å². The molecule has 1 N–H and O–H groups in total. The molecule has 0 fully saturated rings. The number of rotatable bonds is 8. The van der Waals surface area contributed by atoms with Gasteiger partial charge in [0.05, 0.1) is 5.02 Å². The van der Waals surface area contributed by atoms with Crippen molar-refractivity contribution in [3.63, 3.8) is 0 Å². The first-order chi connectivity index (χ1) is 8.27. The van der Waals surface area contributed by atoms with E-state index in [4.69, 9.17) is 11.6 Å². The van der Waals surface area contributed by atoms with Crippen LogP contribution in [0, 0.1) is 0 Å². The third-order valence-electron chi connectivity index (χ3n) is 2.76. The van der Waals surface area contributed by atoms with Crippen molar-refractivity contribution in [1.29, 1.82) is 0 Å². The summed E-state index contributed by atoms with van der Waals surface area (Å²) in [6.07, 6.45) is 4.68. The van der Waals surface area contributed by atoms with Gasteiger partial charge in [-0.3, -0.25) is 4.98 Å². The Kier molecular flexibility index (Phi) is 7.17. The number of hydrogen-bond donors (Lipinski definition) is 1. The summed E-state index contributed by atoms with van der Waals surface area (Å²) < 4.78 is 0. The molecule has 0 spiro atoms. The minimum absolute atomic E-state index is 0.737. The molecule has 0 aliphatic carbocycles. The third kappa shape index (κ3) is 5.48. The van der Waals surface area contributed by atoms with Gasteiger partial charge in [0.2, 0.25) is 0 Å². The van der Waals surface area contributed by atoms with Crippen LogP contribution in [0.2, 0.25) is 5.02 Å². The van der Waals surface area contributed by atoms with E-state index in [0.29, 0.717) is 0 Å². The van der Waals surface area contributed by atoms with E-state index >= 15 is 0 Å². The number of likely N-dealkylation sites (N-methyl/N-ethyl adjacent to an activating group) is 1. The lowest BCUT2D eigenvalue weighted by Gasteiger charge is -2.19. The van der Waals surface area contributed by atoms with Gasteiger partial charge < -0.3 is 10.2 Å². The van der Waals surface area contributed by atoms with E-state index in [9.17, 15) is 0 Å². The standard InChI is InChI=1S/C13H22ClN3/c1-3-8-17(4-2)9-7-16-10-12-5-6-15-11-13(12)14/h5-6,11,16H,3-4,7-10H2,1-2H3. The van der Waals surface area contributed by atoms with Gasteiger partial charge in [-0.25, -0.2) is 0 Å². The minimum Gasteiger partial charge on any atom is -0.311 e.